The molecule has 0 atom stereocenters. The van der Waals surface area contributed by atoms with Gasteiger partial charge in [0.05, 0.1) is 23.1 Å². The van der Waals surface area contributed by atoms with E-state index in [9.17, 15) is 0 Å². The molecule has 6 heteroatoms. The summed E-state index contributed by atoms with van der Waals surface area (Å²) in [5.74, 6) is 0. The minimum absolute atomic E-state index is 0.561. The first-order valence-corrected chi connectivity index (χ1v) is 6.58. The molecule has 2 aromatic heterocycles. The molecule has 0 spiro atoms. The number of benzene rings is 1. The van der Waals surface area contributed by atoms with Gasteiger partial charge in [-0.1, -0.05) is 0 Å². The van der Waals surface area contributed by atoms with Crippen molar-refractivity contribution in [2.24, 2.45) is 0 Å². The fourth-order valence-electron chi connectivity index (χ4n) is 1.78. The SMILES string of the molecule is Cc1ccc(-c2c(N)c(N)cc3nsnc23)s1. The van der Waals surface area contributed by atoms with Crippen LogP contribution in [-0.4, -0.2) is 8.75 Å². The number of nitrogens with zero attached hydrogens (tertiary/aromatic N) is 2. The summed E-state index contributed by atoms with van der Waals surface area (Å²) < 4.78 is 8.52. The van der Waals surface area contributed by atoms with Crippen LogP contribution in [0.15, 0.2) is 18.2 Å². The van der Waals surface area contributed by atoms with Crippen molar-refractivity contribution in [1.82, 2.24) is 8.75 Å². The first kappa shape index (κ1) is 10.5. The molecule has 4 nitrogen and oxygen atoms in total. The van der Waals surface area contributed by atoms with Crippen LogP contribution in [0.3, 0.4) is 0 Å². The smallest absolute Gasteiger partial charge is 0.115 e. The number of thiophene rings is 1. The molecule has 0 aliphatic carbocycles. The fraction of sp³-hybridized carbons (Fsp3) is 0.0909. The van der Waals surface area contributed by atoms with Crippen LogP contribution >= 0.6 is 23.1 Å². The van der Waals surface area contributed by atoms with Crippen molar-refractivity contribution in [3.63, 3.8) is 0 Å². The highest BCUT2D eigenvalue weighted by molar-refractivity contribution is 7.15. The summed E-state index contributed by atoms with van der Waals surface area (Å²) in [4.78, 5) is 2.32. The predicted molar refractivity (Wildman–Crippen MR) is 74.3 cm³/mol. The molecule has 17 heavy (non-hydrogen) atoms. The fourth-order valence-corrected chi connectivity index (χ4v) is 3.24. The van der Waals surface area contributed by atoms with Crippen LogP contribution in [0.4, 0.5) is 11.4 Å². The van der Waals surface area contributed by atoms with Crippen LogP contribution < -0.4 is 11.5 Å². The summed E-state index contributed by atoms with van der Waals surface area (Å²) in [5.41, 5.74) is 15.7. The Balaban J connectivity index is 2.40. The van der Waals surface area contributed by atoms with E-state index in [1.807, 2.05) is 6.07 Å². The third-order valence-electron chi connectivity index (χ3n) is 2.61. The number of nitrogens with two attached hydrogens (primary N) is 2. The van der Waals surface area contributed by atoms with Gasteiger partial charge in [0.1, 0.15) is 11.0 Å². The first-order valence-electron chi connectivity index (χ1n) is 5.04. The lowest BCUT2D eigenvalue weighted by atomic mass is 10.1. The van der Waals surface area contributed by atoms with Gasteiger partial charge in [-0.2, -0.15) is 8.75 Å². The molecule has 0 unspecified atom stereocenters. The number of anilines is 2. The summed E-state index contributed by atoms with van der Waals surface area (Å²) in [6.45, 7) is 2.06. The number of aromatic nitrogens is 2. The molecular weight excluding hydrogens is 252 g/mol. The van der Waals surface area contributed by atoms with E-state index in [2.05, 4.69) is 21.7 Å². The Morgan fingerprint density at radius 2 is 2.00 bits per heavy atom. The van der Waals surface area contributed by atoms with Crippen molar-refractivity contribution >= 4 is 45.5 Å². The topological polar surface area (TPSA) is 77.8 Å². The van der Waals surface area contributed by atoms with E-state index in [4.69, 9.17) is 11.5 Å². The molecule has 0 bridgehead atoms. The zero-order valence-corrected chi connectivity index (χ0v) is 10.7. The van der Waals surface area contributed by atoms with Gasteiger partial charge in [-0.25, -0.2) is 0 Å². The number of aryl methyl sites for hydroxylation is 1. The van der Waals surface area contributed by atoms with E-state index in [0.29, 0.717) is 11.4 Å². The van der Waals surface area contributed by atoms with E-state index in [-0.39, 0.29) is 0 Å². The van der Waals surface area contributed by atoms with Crippen molar-refractivity contribution in [2.45, 2.75) is 6.92 Å². The maximum Gasteiger partial charge on any atom is 0.115 e. The largest absolute Gasteiger partial charge is 0.397 e. The van der Waals surface area contributed by atoms with Crippen LogP contribution in [0, 0.1) is 6.92 Å². The van der Waals surface area contributed by atoms with Crippen LogP contribution in [0.5, 0.6) is 0 Å². The summed E-state index contributed by atoms with van der Waals surface area (Å²) in [6.07, 6.45) is 0. The van der Waals surface area contributed by atoms with Crippen LogP contribution in [0.2, 0.25) is 0 Å². The molecule has 2 heterocycles. The molecule has 0 aliphatic heterocycles. The van der Waals surface area contributed by atoms with Gasteiger partial charge in [-0.3, -0.25) is 0 Å². The molecule has 0 aliphatic rings. The second-order valence-electron chi connectivity index (χ2n) is 3.80. The Labute approximate surface area is 106 Å². The second kappa shape index (κ2) is 3.68. The van der Waals surface area contributed by atoms with E-state index < -0.39 is 0 Å². The Hall–Kier alpha value is -1.66. The Morgan fingerprint density at radius 3 is 2.71 bits per heavy atom. The molecule has 4 N–H and O–H groups in total. The minimum atomic E-state index is 0.561. The van der Waals surface area contributed by atoms with Gasteiger partial charge < -0.3 is 11.5 Å². The van der Waals surface area contributed by atoms with E-state index in [1.54, 1.807) is 17.4 Å². The van der Waals surface area contributed by atoms with E-state index in [1.165, 1.54) is 16.6 Å². The molecule has 0 amide bonds. The average molecular weight is 262 g/mol. The van der Waals surface area contributed by atoms with E-state index >= 15 is 0 Å². The Morgan fingerprint density at radius 1 is 1.18 bits per heavy atom. The summed E-state index contributed by atoms with van der Waals surface area (Å²) in [5, 5.41) is 0. The molecule has 0 saturated carbocycles. The average Bonchev–Trinajstić information content (AvgIpc) is 2.89. The molecule has 1 aromatic carbocycles. The van der Waals surface area contributed by atoms with Crippen LogP contribution in [0.25, 0.3) is 21.5 Å². The number of rotatable bonds is 1. The van der Waals surface area contributed by atoms with Gasteiger partial charge >= 0.3 is 0 Å². The predicted octanol–water partition coefficient (Wildman–Crippen LogP) is 2.89. The molecule has 0 saturated heterocycles. The molecule has 3 rings (SSSR count). The second-order valence-corrected chi connectivity index (χ2v) is 5.61. The van der Waals surface area contributed by atoms with Crippen molar-refractivity contribution < 1.29 is 0 Å². The van der Waals surface area contributed by atoms with Gasteiger partial charge in [-0.05, 0) is 25.1 Å². The van der Waals surface area contributed by atoms with Crippen molar-refractivity contribution in [2.75, 3.05) is 11.5 Å². The molecule has 0 radical (unpaired) electrons. The van der Waals surface area contributed by atoms with E-state index in [0.717, 1.165) is 21.5 Å². The standard InChI is InChI=1S/C11H10N4S2/c1-5-2-3-8(16-5)9-10(13)6(12)4-7-11(9)15-17-14-7/h2-4H,12-13H2,1H3. The van der Waals surface area contributed by atoms with Gasteiger partial charge in [0.15, 0.2) is 0 Å². The highest BCUT2D eigenvalue weighted by Crippen LogP contribution is 2.39. The van der Waals surface area contributed by atoms with Crippen molar-refractivity contribution in [1.29, 1.82) is 0 Å². The summed E-state index contributed by atoms with van der Waals surface area (Å²) in [6, 6.07) is 5.89. The van der Waals surface area contributed by atoms with Gasteiger partial charge in [0, 0.05) is 15.3 Å². The molecule has 86 valence electrons. The Bertz CT molecular complexity index is 699. The maximum atomic E-state index is 6.07. The highest BCUT2D eigenvalue weighted by Gasteiger charge is 2.15. The number of nitrogen functional groups attached to an aromatic ring is 2. The first-order chi connectivity index (χ1) is 8.16. The van der Waals surface area contributed by atoms with Crippen molar-refractivity contribution in [3.8, 4) is 10.4 Å². The summed E-state index contributed by atoms with van der Waals surface area (Å²) >= 11 is 2.86. The van der Waals surface area contributed by atoms with Crippen molar-refractivity contribution in [3.05, 3.63) is 23.1 Å². The van der Waals surface area contributed by atoms with Crippen LogP contribution in [-0.2, 0) is 0 Å². The third kappa shape index (κ3) is 1.57. The minimum Gasteiger partial charge on any atom is -0.397 e. The van der Waals surface area contributed by atoms with Gasteiger partial charge in [0.2, 0.25) is 0 Å². The number of hydrogen-bond donors (Lipinski definition) is 2. The summed E-state index contributed by atoms with van der Waals surface area (Å²) in [7, 11) is 0. The molecule has 3 aromatic rings. The molecule has 0 fully saturated rings. The Kier molecular flexibility index (Phi) is 2.27. The number of fused-ring (bicyclic) bond motifs is 1. The van der Waals surface area contributed by atoms with Crippen LogP contribution in [0.1, 0.15) is 4.88 Å². The lowest BCUT2D eigenvalue weighted by molar-refractivity contribution is 1.62. The third-order valence-corrected chi connectivity index (χ3v) is 4.17. The zero-order chi connectivity index (χ0) is 12.0. The normalized spacial score (nSPS) is 11.1. The maximum absolute atomic E-state index is 6.07. The highest BCUT2D eigenvalue weighted by atomic mass is 32.1. The zero-order valence-electron chi connectivity index (χ0n) is 9.10. The lowest BCUT2D eigenvalue weighted by Crippen LogP contribution is -1.97. The monoisotopic (exact) mass is 262 g/mol. The lowest BCUT2D eigenvalue weighted by Gasteiger charge is -2.06. The van der Waals surface area contributed by atoms with Gasteiger partial charge in [0.25, 0.3) is 0 Å². The number of hydrogen-bond acceptors (Lipinski definition) is 6. The molecular formula is C11H10N4S2. The quantitative estimate of drug-likeness (QED) is 0.661. The van der Waals surface area contributed by atoms with Gasteiger partial charge in [-0.15, -0.1) is 11.3 Å².